The minimum absolute atomic E-state index is 0.179. The summed E-state index contributed by atoms with van der Waals surface area (Å²) in [6.45, 7) is 3.80. The second-order valence-electron chi connectivity index (χ2n) is 4.80. The van der Waals surface area contributed by atoms with Gasteiger partial charge in [-0.15, -0.1) is 0 Å². The third-order valence-electron chi connectivity index (χ3n) is 3.25. The van der Waals surface area contributed by atoms with Crippen molar-refractivity contribution >= 4 is 18.0 Å². The van der Waals surface area contributed by atoms with Gasteiger partial charge in [0.1, 0.15) is 11.5 Å². The van der Waals surface area contributed by atoms with Crippen molar-refractivity contribution in [2.45, 2.75) is 20.3 Å². The molecule has 0 radical (unpaired) electrons. The van der Waals surface area contributed by atoms with Gasteiger partial charge in [0.15, 0.2) is 5.92 Å². The first-order chi connectivity index (χ1) is 11.6. The first-order valence-corrected chi connectivity index (χ1v) is 7.79. The third kappa shape index (κ3) is 5.61. The molecule has 0 aliphatic heterocycles. The van der Waals surface area contributed by atoms with Crippen molar-refractivity contribution < 1.29 is 28.5 Å². The van der Waals surface area contributed by atoms with Crippen LogP contribution in [0, 0.1) is 5.92 Å². The van der Waals surface area contributed by atoms with Gasteiger partial charge >= 0.3 is 11.9 Å². The highest BCUT2D eigenvalue weighted by atomic mass is 16.6. The van der Waals surface area contributed by atoms with Gasteiger partial charge in [0, 0.05) is 5.56 Å². The number of rotatable bonds is 9. The Morgan fingerprint density at radius 2 is 1.67 bits per heavy atom. The number of hydrogen-bond acceptors (Lipinski definition) is 6. The number of allylic oxidation sites excluding steroid dienone is 1. The number of methoxy groups -OCH3 is 2. The van der Waals surface area contributed by atoms with Crippen LogP contribution in [0.3, 0.4) is 0 Å². The van der Waals surface area contributed by atoms with Crippen molar-refractivity contribution in [2.75, 3.05) is 27.4 Å². The van der Waals surface area contributed by atoms with Crippen molar-refractivity contribution in [3.8, 4) is 11.5 Å². The van der Waals surface area contributed by atoms with E-state index in [2.05, 4.69) is 0 Å². The molecule has 0 spiro atoms. The standard InChI is InChI=1S/C18H24O6/c1-5-23-17(19)15(18(20)24-6-2)9-7-8-13-12-14(21-3)10-11-16(13)22-4/h7-8,10-12,15H,5-6,9H2,1-4H3/b8-7+. The molecule has 132 valence electrons. The quantitative estimate of drug-likeness (QED) is 0.510. The van der Waals surface area contributed by atoms with Crippen molar-refractivity contribution in [3.63, 3.8) is 0 Å². The van der Waals surface area contributed by atoms with E-state index in [9.17, 15) is 9.59 Å². The lowest BCUT2D eigenvalue weighted by atomic mass is 10.0. The summed E-state index contributed by atoms with van der Waals surface area (Å²) in [5.41, 5.74) is 0.781. The maximum absolute atomic E-state index is 11.9. The van der Waals surface area contributed by atoms with E-state index < -0.39 is 17.9 Å². The molecule has 0 saturated carbocycles. The highest BCUT2D eigenvalue weighted by molar-refractivity contribution is 5.95. The lowest BCUT2D eigenvalue weighted by molar-refractivity contribution is -0.161. The molecule has 6 heteroatoms. The summed E-state index contributed by atoms with van der Waals surface area (Å²) >= 11 is 0. The van der Waals surface area contributed by atoms with E-state index in [0.717, 1.165) is 5.56 Å². The van der Waals surface area contributed by atoms with Gasteiger partial charge in [-0.2, -0.15) is 0 Å². The Kier molecular flexibility index (Phi) is 8.39. The summed E-state index contributed by atoms with van der Waals surface area (Å²) < 4.78 is 20.3. The summed E-state index contributed by atoms with van der Waals surface area (Å²) in [5.74, 6) is -0.798. The van der Waals surface area contributed by atoms with Crippen molar-refractivity contribution in [1.29, 1.82) is 0 Å². The predicted molar refractivity (Wildman–Crippen MR) is 90.0 cm³/mol. The average molecular weight is 336 g/mol. The van der Waals surface area contributed by atoms with Crippen LogP contribution in [0.5, 0.6) is 11.5 Å². The maximum atomic E-state index is 11.9. The summed E-state index contributed by atoms with van der Waals surface area (Å²) in [6.07, 6.45) is 3.67. The number of carbonyl (C=O) groups excluding carboxylic acids is 2. The van der Waals surface area contributed by atoms with E-state index in [4.69, 9.17) is 18.9 Å². The Labute approximate surface area is 142 Å². The van der Waals surface area contributed by atoms with E-state index in [1.165, 1.54) is 0 Å². The second-order valence-corrected chi connectivity index (χ2v) is 4.80. The molecular formula is C18H24O6. The molecule has 0 fully saturated rings. The summed E-state index contributed by atoms with van der Waals surface area (Å²) in [4.78, 5) is 23.8. The fourth-order valence-electron chi connectivity index (χ4n) is 2.08. The molecule has 0 unspecified atom stereocenters. The van der Waals surface area contributed by atoms with Crippen LogP contribution >= 0.6 is 0 Å². The maximum Gasteiger partial charge on any atom is 0.320 e. The predicted octanol–water partition coefficient (Wildman–Crippen LogP) is 2.85. The Morgan fingerprint density at radius 3 is 2.17 bits per heavy atom. The van der Waals surface area contributed by atoms with Crippen molar-refractivity contribution in [2.24, 2.45) is 5.92 Å². The van der Waals surface area contributed by atoms with Crippen molar-refractivity contribution in [1.82, 2.24) is 0 Å². The van der Waals surface area contributed by atoms with Crippen LogP contribution < -0.4 is 9.47 Å². The fraction of sp³-hybridized carbons (Fsp3) is 0.444. The number of carbonyl (C=O) groups is 2. The van der Waals surface area contributed by atoms with Gasteiger partial charge in [-0.25, -0.2) is 0 Å². The van der Waals surface area contributed by atoms with Gasteiger partial charge in [0.05, 0.1) is 27.4 Å². The molecule has 1 aromatic carbocycles. The van der Waals surface area contributed by atoms with Crippen molar-refractivity contribution in [3.05, 3.63) is 29.8 Å². The topological polar surface area (TPSA) is 71.1 Å². The SMILES string of the molecule is CCOC(=O)C(C/C=C/c1cc(OC)ccc1OC)C(=O)OCC. The molecule has 0 aromatic heterocycles. The van der Waals surface area contributed by atoms with E-state index in [1.54, 1.807) is 58.4 Å². The Bertz CT molecular complexity index is 561. The van der Waals surface area contributed by atoms with Gasteiger partial charge in [-0.05, 0) is 38.5 Å². The third-order valence-corrected chi connectivity index (χ3v) is 3.25. The van der Waals surface area contributed by atoms with Crippen LogP contribution in [0.2, 0.25) is 0 Å². The monoisotopic (exact) mass is 336 g/mol. The number of esters is 2. The van der Waals surface area contributed by atoms with E-state index in [1.807, 2.05) is 0 Å². The number of ether oxygens (including phenoxy) is 4. The smallest absolute Gasteiger partial charge is 0.320 e. The van der Waals surface area contributed by atoms with Gasteiger partial charge in [0.25, 0.3) is 0 Å². The first-order valence-electron chi connectivity index (χ1n) is 7.79. The summed E-state index contributed by atoms with van der Waals surface area (Å²) in [5, 5.41) is 0. The molecular weight excluding hydrogens is 312 g/mol. The molecule has 0 aliphatic rings. The molecule has 6 nitrogen and oxygen atoms in total. The summed E-state index contributed by atoms with van der Waals surface area (Å²) in [6, 6.07) is 5.38. The van der Waals surface area contributed by atoms with Crippen LogP contribution in [0.4, 0.5) is 0 Å². The molecule has 24 heavy (non-hydrogen) atoms. The Hall–Kier alpha value is -2.50. The van der Waals surface area contributed by atoms with Crippen LogP contribution in [0.15, 0.2) is 24.3 Å². The zero-order valence-corrected chi connectivity index (χ0v) is 14.5. The van der Waals surface area contributed by atoms with Crippen LogP contribution in [0.1, 0.15) is 25.8 Å². The molecule has 0 atom stereocenters. The Balaban J connectivity index is 2.90. The van der Waals surface area contributed by atoms with Crippen LogP contribution in [-0.2, 0) is 19.1 Å². The second kappa shape index (κ2) is 10.3. The molecule has 0 aliphatic carbocycles. The largest absolute Gasteiger partial charge is 0.497 e. The van der Waals surface area contributed by atoms with Gasteiger partial charge < -0.3 is 18.9 Å². The molecule has 0 saturated heterocycles. The highest BCUT2D eigenvalue weighted by Crippen LogP contribution is 2.25. The molecule has 0 N–H and O–H groups in total. The highest BCUT2D eigenvalue weighted by Gasteiger charge is 2.28. The zero-order chi connectivity index (χ0) is 17.9. The normalized spacial score (nSPS) is 10.7. The van der Waals surface area contributed by atoms with Gasteiger partial charge in [-0.1, -0.05) is 12.2 Å². The number of benzene rings is 1. The average Bonchev–Trinajstić information content (AvgIpc) is 2.58. The molecule has 1 aromatic rings. The van der Waals surface area contributed by atoms with E-state index >= 15 is 0 Å². The Morgan fingerprint density at radius 1 is 1.04 bits per heavy atom. The van der Waals surface area contributed by atoms with Crippen LogP contribution in [0.25, 0.3) is 6.08 Å². The lowest BCUT2D eigenvalue weighted by Gasteiger charge is -2.12. The first kappa shape index (κ1) is 19.5. The van der Waals surface area contributed by atoms with Crippen LogP contribution in [-0.4, -0.2) is 39.4 Å². The molecule has 0 bridgehead atoms. The van der Waals surface area contributed by atoms with E-state index in [-0.39, 0.29) is 19.6 Å². The minimum Gasteiger partial charge on any atom is -0.497 e. The molecule has 1 rings (SSSR count). The van der Waals surface area contributed by atoms with Gasteiger partial charge in [0.2, 0.25) is 0 Å². The van der Waals surface area contributed by atoms with E-state index in [0.29, 0.717) is 11.5 Å². The zero-order valence-electron chi connectivity index (χ0n) is 14.5. The lowest BCUT2D eigenvalue weighted by Crippen LogP contribution is -2.27. The van der Waals surface area contributed by atoms with Gasteiger partial charge in [-0.3, -0.25) is 9.59 Å². The summed E-state index contributed by atoms with van der Waals surface area (Å²) in [7, 11) is 3.14. The number of hydrogen-bond donors (Lipinski definition) is 0. The fourth-order valence-corrected chi connectivity index (χ4v) is 2.08. The molecule has 0 heterocycles. The minimum atomic E-state index is -0.974. The molecule has 0 amide bonds.